The van der Waals surface area contributed by atoms with Gasteiger partial charge in [-0.1, -0.05) is 0 Å². The van der Waals surface area contributed by atoms with Gasteiger partial charge in [-0.25, -0.2) is 0 Å². The van der Waals surface area contributed by atoms with Crippen molar-refractivity contribution in [1.82, 2.24) is 5.32 Å². The van der Waals surface area contributed by atoms with Gasteiger partial charge in [0, 0.05) is 0 Å². The Morgan fingerprint density at radius 1 is 0.697 bits per heavy atom. The first-order valence-electron chi connectivity index (χ1n) is 10.6. The predicted molar refractivity (Wildman–Crippen MR) is 144 cm³/mol. The second-order valence-corrected chi connectivity index (χ2v) is 14.1. The van der Waals surface area contributed by atoms with Crippen LogP contribution in [-0.2, 0) is 0 Å². The molecule has 1 amide bonds. The number of benzene rings is 4. The van der Waals surface area contributed by atoms with Crippen LogP contribution in [0.15, 0.2) is 126 Å². The summed E-state index contributed by atoms with van der Waals surface area (Å²) >= 11 is 14.6. The van der Waals surface area contributed by atoms with E-state index < -0.39 is 5.96 Å². The van der Waals surface area contributed by atoms with E-state index in [2.05, 4.69) is 5.32 Å². The zero-order valence-corrected chi connectivity index (χ0v) is 20.6. The van der Waals surface area contributed by atoms with Gasteiger partial charge in [-0.15, -0.1) is 0 Å². The van der Waals surface area contributed by atoms with Gasteiger partial charge in [0.25, 0.3) is 0 Å². The van der Waals surface area contributed by atoms with Gasteiger partial charge in [0.1, 0.15) is 0 Å². The molecule has 0 aliphatic heterocycles. The van der Waals surface area contributed by atoms with Crippen molar-refractivity contribution in [3.63, 3.8) is 0 Å². The summed E-state index contributed by atoms with van der Waals surface area (Å²) in [6.45, 7) is 1.98. The van der Waals surface area contributed by atoms with Crippen molar-refractivity contribution in [2.24, 2.45) is 0 Å². The standard InChI is InChI=1S/C28H24Cl2NOP/c1-22-17-19-23(20-18-22)28(32)31-27(21-29)33(30,24-11-5-2-6-12-24,25-13-7-3-8-14-25)26-15-9-4-10-16-26/h2-21H,1H3,(H,31,32)/b27-21-. The van der Waals surface area contributed by atoms with Crippen LogP contribution in [0, 0.1) is 6.92 Å². The molecule has 4 aromatic rings. The number of hydrogen-bond donors (Lipinski definition) is 1. The molecule has 0 aliphatic rings. The van der Waals surface area contributed by atoms with E-state index in [0.717, 1.165) is 21.5 Å². The Bertz CT molecular complexity index is 1170. The second-order valence-electron chi connectivity index (χ2n) is 7.83. The fraction of sp³-hybridized carbons (Fsp3) is 0.0357. The number of aryl methyl sites for hydroxylation is 1. The second kappa shape index (κ2) is 9.53. The Kier molecular flexibility index (Phi) is 6.72. The molecule has 0 bridgehead atoms. The van der Waals surface area contributed by atoms with Gasteiger partial charge in [-0.2, -0.15) is 0 Å². The van der Waals surface area contributed by atoms with Gasteiger partial charge >= 0.3 is 205 Å². The van der Waals surface area contributed by atoms with Crippen molar-refractivity contribution < 1.29 is 4.79 Å². The van der Waals surface area contributed by atoms with Gasteiger partial charge in [0.15, 0.2) is 0 Å². The number of halogens is 2. The maximum atomic E-state index is 13.4. The molecule has 0 saturated carbocycles. The first-order valence-corrected chi connectivity index (χ1v) is 14.2. The van der Waals surface area contributed by atoms with Crippen molar-refractivity contribution in [1.29, 1.82) is 0 Å². The van der Waals surface area contributed by atoms with E-state index in [1.54, 1.807) is 12.1 Å². The molecule has 4 rings (SSSR count). The number of carbonyl (C=O) groups excluding carboxylic acids is 1. The molecule has 0 radical (unpaired) electrons. The summed E-state index contributed by atoms with van der Waals surface area (Å²) in [5, 5.41) is 5.76. The molecule has 0 fully saturated rings. The summed E-state index contributed by atoms with van der Waals surface area (Å²) in [6, 6.07) is 37.0. The molecule has 33 heavy (non-hydrogen) atoms. The van der Waals surface area contributed by atoms with E-state index in [9.17, 15) is 4.79 Å². The molecular formula is C28H24Cl2NOP. The topological polar surface area (TPSA) is 29.1 Å². The van der Waals surface area contributed by atoms with Crippen molar-refractivity contribution >= 4 is 50.6 Å². The van der Waals surface area contributed by atoms with Gasteiger partial charge in [0.05, 0.1) is 0 Å². The zero-order chi connectivity index (χ0) is 23.3. The number of nitrogens with one attached hydrogen (secondary N) is 1. The van der Waals surface area contributed by atoms with Crippen LogP contribution in [0.2, 0.25) is 0 Å². The summed E-state index contributed by atoms with van der Waals surface area (Å²) in [5.41, 5.74) is 3.50. The number of carbonyl (C=O) groups is 1. The first-order chi connectivity index (χ1) is 16.0. The molecule has 1 N–H and O–H groups in total. The SMILES string of the molecule is Cc1ccc(C(=O)N/C(=C/Cl)P(Cl)(c2ccccc2)(c2ccccc2)c2ccccc2)cc1. The van der Waals surface area contributed by atoms with Crippen molar-refractivity contribution in [3.05, 3.63) is 137 Å². The molecular weight excluding hydrogens is 468 g/mol. The molecule has 0 aromatic heterocycles. The molecule has 0 saturated heterocycles. The average Bonchev–Trinajstić information content (AvgIpc) is 2.88. The number of amides is 1. The Morgan fingerprint density at radius 2 is 1.09 bits per heavy atom. The Hall–Kier alpha value is -2.90. The van der Waals surface area contributed by atoms with Crippen LogP contribution in [-0.4, -0.2) is 5.91 Å². The summed E-state index contributed by atoms with van der Waals surface area (Å²) in [6.07, 6.45) is 0. The summed E-state index contributed by atoms with van der Waals surface area (Å²) in [4.78, 5) is 13.4. The third-order valence-corrected chi connectivity index (χ3v) is 13.5. The van der Waals surface area contributed by atoms with Crippen molar-refractivity contribution in [2.75, 3.05) is 0 Å². The third kappa shape index (κ3) is 4.00. The molecule has 166 valence electrons. The Morgan fingerprint density at radius 3 is 1.45 bits per heavy atom. The van der Waals surface area contributed by atoms with Crippen LogP contribution in [0.1, 0.15) is 15.9 Å². The van der Waals surface area contributed by atoms with E-state index in [-0.39, 0.29) is 5.91 Å². The van der Waals surface area contributed by atoms with Crippen LogP contribution >= 0.6 is 28.8 Å². The number of hydrogen-bond acceptors (Lipinski definition) is 1. The third-order valence-electron chi connectivity index (χ3n) is 5.83. The molecule has 5 heteroatoms. The van der Waals surface area contributed by atoms with E-state index in [1.807, 2.05) is 110 Å². The minimum atomic E-state index is -3.91. The molecule has 0 aliphatic carbocycles. The van der Waals surface area contributed by atoms with Crippen LogP contribution in [0.4, 0.5) is 0 Å². The van der Waals surface area contributed by atoms with Gasteiger partial charge in [-0.05, 0) is 0 Å². The minimum absolute atomic E-state index is 0.264. The normalized spacial score (nSPS) is 13.1. The molecule has 0 atom stereocenters. The molecule has 0 spiro atoms. The van der Waals surface area contributed by atoms with Crippen molar-refractivity contribution in [3.8, 4) is 0 Å². The van der Waals surface area contributed by atoms with Crippen LogP contribution < -0.4 is 21.2 Å². The van der Waals surface area contributed by atoms with Crippen LogP contribution in [0.3, 0.4) is 0 Å². The molecule has 4 aromatic carbocycles. The number of rotatable bonds is 6. The monoisotopic (exact) mass is 491 g/mol. The van der Waals surface area contributed by atoms with Gasteiger partial charge in [-0.3, -0.25) is 0 Å². The van der Waals surface area contributed by atoms with E-state index in [4.69, 9.17) is 22.8 Å². The van der Waals surface area contributed by atoms with Gasteiger partial charge < -0.3 is 0 Å². The predicted octanol–water partition coefficient (Wildman–Crippen LogP) is 6.45. The summed E-state index contributed by atoms with van der Waals surface area (Å²) in [7, 11) is 0. The first kappa shape index (κ1) is 23.3. The fourth-order valence-corrected chi connectivity index (χ4v) is 10.6. The van der Waals surface area contributed by atoms with Crippen LogP contribution in [0.5, 0.6) is 0 Å². The Labute approximate surface area is 204 Å². The zero-order valence-electron chi connectivity index (χ0n) is 18.2. The molecule has 0 heterocycles. The quantitative estimate of drug-likeness (QED) is 0.308. The summed E-state index contributed by atoms with van der Waals surface area (Å²) < 4.78 is 0. The molecule has 0 unspecified atom stereocenters. The van der Waals surface area contributed by atoms with E-state index >= 15 is 0 Å². The fourth-order valence-electron chi connectivity index (χ4n) is 4.11. The van der Waals surface area contributed by atoms with E-state index in [1.165, 1.54) is 5.54 Å². The van der Waals surface area contributed by atoms with Crippen LogP contribution in [0.25, 0.3) is 0 Å². The van der Waals surface area contributed by atoms with E-state index in [0.29, 0.717) is 11.0 Å². The summed E-state index contributed by atoms with van der Waals surface area (Å²) in [5.74, 6) is -4.18. The van der Waals surface area contributed by atoms with Crippen molar-refractivity contribution in [2.45, 2.75) is 6.92 Å². The average molecular weight is 492 g/mol. The molecule has 2 nitrogen and oxygen atoms in total. The van der Waals surface area contributed by atoms with Gasteiger partial charge in [0.2, 0.25) is 0 Å². The Balaban J connectivity index is 2.01. The maximum absolute atomic E-state index is 13.4.